The number of sulfonamides is 1. The van der Waals surface area contributed by atoms with Crippen molar-refractivity contribution in [3.05, 3.63) is 23.8 Å². The lowest BCUT2D eigenvalue weighted by Crippen LogP contribution is -2.13. The predicted molar refractivity (Wildman–Crippen MR) is 59.2 cm³/mol. The van der Waals surface area contributed by atoms with Crippen LogP contribution in [0, 0.1) is 6.92 Å². The minimum atomic E-state index is -3.69. The molecule has 6 heteroatoms. The molecule has 0 aromatic heterocycles. The number of aryl methyl sites for hydroxylation is 1. The largest absolute Gasteiger partial charge is 0.495 e. The Morgan fingerprint density at radius 3 is 2.20 bits per heavy atom. The highest BCUT2D eigenvalue weighted by Gasteiger charge is 2.14. The van der Waals surface area contributed by atoms with E-state index in [1.807, 2.05) is 0 Å². The van der Waals surface area contributed by atoms with Crippen LogP contribution in [0.5, 0.6) is 5.75 Å². The van der Waals surface area contributed by atoms with Gasteiger partial charge in [0.15, 0.2) is 0 Å². The Morgan fingerprint density at radius 2 is 1.80 bits per heavy atom. The van der Waals surface area contributed by atoms with Crippen LogP contribution in [-0.2, 0) is 10.0 Å². The van der Waals surface area contributed by atoms with E-state index in [9.17, 15) is 8.42 Å². The first-order valence-corrected chi connectivity index (χ1v) is 5.75. The molecule has 0 unspecified atom stereocenters. The predicted octanol–water partition coefficient (Wildman–Crippen LogP) is 0.226. The third kappa shape index (κ3) is 3.86. The molecule has 0 amide bonds. The third-order valence-corrected chi connectivity index (χ3v) is 2.56. The molecule has 1 aromatic carbocycles. The van der Waals surface area contributed by atoms with Crippen molar-refractivity contribution in [1.29, 1.82) is 0 Å². The standard InChI is InChI=1S/C8H11NO3S.CH5N/c1-6-3-4-7(12-2)8(5-6)13(9,10)11;1-2/h3-5H,1-2H3,(H2,9,10,11);2H2,1H3. The maximum Gasteiger partial charge on any atom is 0.241 e. The van der Waals surface area contributed by atoms with E-state index in [2.05, 4.69) is 5.73 Å². The molecule has 86 valence electrons. The SMILES string of the molecule is CN.COc1ccc(C)cc1S(N)(=O)=O. The highest BCUT2D eigenvalue weighted by Crippen LogP contribution is 2.22. The fraction of sp³-hybridized carbons (Fsp3) is 0.333. The normalized spacial score (nSPS) is 10.2. The molecule has 5 nitrogen and oxygen atoms in total. The minimum Gasteiger partial charge on any atom is -0.495 e. The van der Waals surface area contributed by atoms with Gasteiger partial charge in [-0.2, -0.15) is 0 Å². The number of hydrogen-bond donors (Lipinski definition) is 2. The van der Waals surface area contributed by atoms with Crippen molar-refractivity contribution in [2.24, 2.45) is 10.9 Å². The Morgan fingerprint density at radius 1 is 1.27 bits per heavy atom. The van der Waals surface area contributed by atoms with Crippen molar-refractivity contribution in [1.82, 2.24) is 0 Å². The van der Waals surface area contributed by atoms with Gasteiger partial charge in [-0.3, -0.25) is 0 Å². The second-order valence-electron chi connectivity index (χ2n) is 2.70. The molecular formula is C9H16N2O3S. The van der Waals surface area contributed by atoms with Crippen LogP contribution in [0.4, 0.5) is 0 Å². The zero-order chi connectivity index (χ0) is 12.1. The summed E-state index contributed by atoms with van der Waals surface area (Å²) in [5, 5.41) is 4.99. The van der Waals surface area contributed by atoms with Crippen LogP contribution in [0.25, 0.3) is 0 Å². The van der Waals surface area contributed by atoms with E-state index in [0.717, 1.165) is 5.56 Å². The molecule has 0 saturated carbocycles. The van der Waals surface area contributed by atoms with Gasteiger partial charge < -0.3 is 10.5 Å². The molecule has 0 aliphatic rings. The van der Waals surface area contributed by atoms with Gasteiger partial charge in [0.05, 0.1) is 7.11 Å². The van der Waals surface area contributed by atoms with Crippen LogP contribution >= 0.6 is 0 Å². The van der Waals surface area contributed by atoms with Crippen LogP contribution in [0.3, 0.4) is 0 Å². The Kier molecular flexibility index (Phi) is 5.27. The van der Waals surface area contributed by atoms with E-state index in [4.69, 9.17) is 9.88 Å². The number of benzene rings is 1. The highest BCUT2D eigenvalue weighted by atomic mass is 32.2. The van der Waals surface area contributed by atoms with E-state index >= 15 is 0 Å². The summed E-state index contributed by atoms with van der Waals surface area (Å²) in [6.45, 7) is 1.79. The van der Waals surface area contributed by atoms with Crippen LogP contribution in [0.1, 0.15) is 5.56 Å². The molecule has 0 atom stereocenters. The van der Waals surface area contributed by atoms with Gasteiger partial charge in [-0.25, -0.2) is 13.6 Å². The molecule has 0 heterocycles. The summed E-state index contributed by atoms with van der Waals surface area (Å²) >= 11 is 0. The van der Waals surface area contributed by atoms with Crippen molar-refractivity contribution < 1.29 is 13.2 Å². The Hall–Kier alpha value is -1.11. The first kappa shape index (κ1) is 13.9. The monoisotopic (exact) mass is 232 g/mol. The Balaban J connectivity index is 0.000000921. The van der Waals surface area contributed by atoms with E-state index in [1.54, 1.807) is 19.1 Å². The third-order valence-electron chi connectivity index (χ3n) is 1.63. The summed E-state index contributed by atoms with van der Waals surface area (Å²) in [5.41, 5.74) is 5.32. The van der Waals surface area contributed by atoms with Crippen LogP contribution in [0.15, 0.2) is 23.1 Å². The zero-order valence-electron chi connectivity index (χ0n) is 9.02. The number of nitrogens with two attached hydrogens (primary N) is 2. The smallest absolute Gasteiger partial charge is 0.241 e. The number of methoxy groups -OCH3 is 1. The summed E-state index contributed by atoms with van der Waals surface area (Å²) in [6.07, 6.45) is 0. The molecule has 0 radical (unpaired) electrons. The fourth-order valence-corrected chi connectivity index (χ4v) is 1.79. The average Bonchev–Trinajstić information content (AvgIpc) is 2.19. The lowest BCUT2D eigenvalue weighted by molar-refractivity contribution is 0.402. The quantitative estimate of drug-likeness (QED) is 0.762. The van der Waals surface area contributed by atoms with Gasteiger partial charge in [0.1, 0.15) is 10.6 Å². The van der Waals surface area contributed by atoms with Gasteiger partial charge in [0, 0.05) is 0 Å². The summed E-state index contributed by atoms with van der Waals surface area (Å²) < 4.78 is 27.0. The fourth-order valence-electron chi connectivity index (χ4n) is 1.01. The van der Waals surface area contributed by atoms with Crippen LogP contribution < -0.4 is 15.6 Å². The molecule has 0 spiro atoms. The molecule has 15 heavy (non-hydrogen) atoms. The average molecular weight is 232 g/mol. The minimum absolute atomic E-state index is 0.0231. The summed E-state index contributed by atoms with van der Waals surface area (Å²) in [6, 6.07) is 4.82. The second kappa shape index (κ2) is 5.69. The molecule has 1 aromatic rings. The molecule has 0 bridgehead atoms. The lowest BCUT2D eigenvalue weighted by atomic mass is 10.2. The number of hydrogen-bond acceptors (Lipinski definition) is 4. The number of ether oxygens (including phenoxy) is 1. The molecule has 0 aliphatic heterocycles. The van der Waals surface area contributed by atoms with Gasteiger partial charge in [0.25, 0.3) is 0 Å². The first-order valence-electron chi connectivity index (χ1n) is 4.20. The van der Waals surface area contributed by atoms with Gasteiger partial charge in [-0.1, -0.05) is 6.07 Å². The first-order chi connectivity index (χ1) is 6.95. The van der Waals surface area contributed by atoms with Crippen molar-refractivity contribution in [2.45, 2.75) is 11.8 Å². The summed E-state index contributed by atoms with van der Waals surface area (Å²) in [5.74, 6) is 0.271. The Labute approximate surface area is 90.1 Å². The van der Waals surface area contributed by atoms with Crippen molar-refractivity contribution >= 4 is 10.0 Å². The molecule has 0 fully saturated rings. The van der Waals surface area contributed by atoms with Crippen molar-refractivity contribution in [3.8, 4) is 5.75 Å². The number of rotatable bonds is 2. The van der Waals surface area contributed by atoms with E-state index in [-0.39, 0.29) is 10.6 Å². The second-order valence-corrected chi connectivity index (χ2v) is 4.23. The maximum absolute atomic E-state index is 11.1. The highest BCUT2D eigenvalue weighted by molar-refractivity contribution is 7.89. The zero-order valence-corrected chi connectivity index (χ0v) is 9.84. The van der Waals surface area contributed by atoms with Gasteiger partial charge in [-0.15, -0.1) is 0 Å². The molecule has 4 N–H and O–H groups in total. The van der Waals surface area contributed by atoms with E-state index in [1.165, 1.54) is 20.2 Å². The summed E-state index contributed by atoms with van der Waals surface area (Å²) in [7, 11) is -0.791. The van der Waals surface area contributed by atoms with Gasteiger partial charge in [0.2, 0.25) is 10.0 Å². The Bertz CT molecular complexity index is 415. The van der Waals surface area contributed by atoms with Crippen LogP contribution in [0.2, 0.25) is 0 Å². The molecular weight excluding hydrogens is 216 g/mol. The van der Waals surface area contributed by atoms with Crippen molar-refractivity contribution in [2.75, 3.05) is 14.2 Å². The van der Waals surface area contributed by atoms with Crippen molar-refractivity contribution in [3.63, 3.8) is 0 Å². The van der Waals surface area contributed by atoms with Gasteiger partial charge >= 0.3 is 0 Å². The molecule has 0 saturated heterocycles. The van der Waals surface area contributed by atoms with E-state index < -0.39 is 10.0 Å². The molecule has 1 rings (SSSR count). The van der Waals surface area contributed by atoms with Gasteiger partial charge in [-0.05, 0) is 31.7 Å². The lowest BCUT2D eigenvalue weighted by Gasteiger charge is -2.06. The number of primary sulfonamides is 1. The molecule has 0 aliphatic carbocycles. The summed E-state index contributed by atoms with van der Waals surface area (Å²) in [4.78, 5) is 0.0231. The maximum atomic E-state index is 11.1. The topological polar surface area (TPSA) is 95.4 Å². The van der Waals surface area contributed by atoms with Crippen LogP contribution in [-0.4, -0.2) is 22.6 Å². The van der Waals surface area contributed by atoms with E-state index in [0.29, 0.717) is 0 Å².